The molecule has 0 bridgehead atoms. The molecule has 0 N–H and O–H groups in total. The van der Waals surface area contributed by atoms with Crippen LogP contribution < -0.4 is 0 Å². The minimum Gasteiger partial charge on any atom is -0.462 e. The van der Waals surface area contributed by atoms with Crippen LogP contribution in [0.25, 0.3) is 0 Å². The zero-order chi connectivity index (χ0) is 21.8. The fourth-order valence-electron chi connectivity index (χ4n) is 2.45. The molecule has 28 heavy (non-hydrogen) atoms. The van der Waals surface area contributed by atoms with Gasteiger partial charge >= 0.3 is 11.9 Å². The summed E-state index contributed by atoms with van der Waals surface area (Å²) in [6.07, 6.45) is 1.84. The highest BCUT2D eigenvalue weighted by molar-refractivity contribution is 6.03. The van der Waals surface area contributed by atoms with Crippen LogP contribution in [0.1, 0.15) is 95.0 Å². The van der Waals surface area contributed by atoms with E-state index >= 15 is 0 Å². The summed E-state index contributed by atoms with van der Waals surface area (Å²) in [5.41, 5.74) is 1.38. The van der Waals surface area contributed by atoms with E-state index < -0.39 is 11.9 Å². The Morgan fingerprint density at radius 1 is 0.786 bits per heavy atom. The van der Waals surface area contributed by atoms with Crippen molar-refractivity contribution >= 4 is 11.9 Å². The molecule has 0 unspecified atom stereocenters. The summed E-state index contributed by atoms with van der Waals surface area (Å²) in [5, 5.41) is 0. The van der Waals surface area contributed by atoms with Crippen LogP contribution in [0.3, 0.4) is 0 Å². The average molecular weight is 391 g/mol. The number of carbonyl (C=O) groups excluding carboxylic acids is 2. The van der Waals surface area contributed by atoms with Crippen molar-refractivity contribution in [2.24, 2.45) is 16.2 Å². The molecule has 0 saturated heterocycles. The van der Waals surface area contributed by atoms with Crippen molar-refractivity contribution in [3.8, 4) is 0 Å². The molecule has 4 nitrogen and oxygen atoms in total. The molecule has 1 aromatic rings. The molecule has 0 radical (unpaired) electrons. The summed E-state index contributed by atoms with van der Waals surface area (Å²) in [7, 11) is 0. The predicted octanol–water partition coefficient (Wildman–Crippen LogP) is 6.07. The summed E-state index contributed by atoms with van der Waals surface area (Å²) in [6, 6.07) is 5.39. The molecule has 0 fully saturated rings. The quantitative estimate of drug-likeness (QED) is 0.530. The maximum absolute atomic E-state index is 12.8. The molecular formula is C24H38O4. The SMILES string of the molecule is CCC(C)(C)Cc1ccc(C(=O)OCC(C)(C)C)c(C(=O)OCC(C)(C)C)c1. The summed E-state index contributed by atoms with van der Waals surface area (Å²) in [4.78, 5) is 25.4. The molecular weight excluding hydrogens is 352 g/mol. The van der Waals surface area contributed by atoms with Gasteiger partial charge in [0.25, 0.3) is 0 Å². The lowest BCUT2D eigenvalue weighted by atomic mass is 9.83. The van der Waals surface area contributed by atoms with Crippen molar-refractivity contribution in [2.45, 2.75) is 75.2 Å². The molecule has 0 aliphatic heterocycles. The van der Waals surface area contributed by atoms with Crippen LogP contribution in [0.2, 0.25) is 0 Å². The molecule has 1 rings (SSSR count). The smallest absolute Gasteiger partial charge is 0.339 e. The number of hydrogen-bond acceptors (Lipinski definition) is 4. The lowest BCUT2D eigenvalue weighted by Crippen LogP contribution is -2.23. The van der Waals surface area contributed by atoms with Gasteiger partial charge in [-0.2, -0.15) is 0 Å². The standard InChI is InChI=1S/C24H38O4/c1-10-24(8,9)14-17-11-12-18(20(25)27-15-22(2,3)4)19(13-17)21(26)28-16-23(5,6)7/h11-13H,10,14-16H2,1-9H3. The number of benzene rings is 1. The van der Waals surface area contributed by atoms with E-state index in [1.807, 2.05) is 47.6 Å². The van der Waals surface area contributed by atoms with E-state index in [1.54, 1.807) is 12.1 Å². The molecule has 0 aliphatic carbocycles. The largest absolute Gasteiger partial charge is 0.462 e. The third kappa shape index (κ3) is 8.45. The van der Waals surface area contributed by atoms with Crippen molar-refractivity contribution in [1.29, 1.82) is 0 Å². The Balaban J connectivity index is 3.19. The molecule has 158 valence electrons. The van der Waals surface area contributed by atoms with Gasteiger partial charge in [0.1, 0.15) is 0 Å². The van der Waals surface area contributed by atoms with Crippen molar-refractivity contribution in [3.05, 3.63) is 34.9 Å². The Labute approximate surface area is 171 Å². The highest BCUT2D eigenvalue weighted by atomic mass is 16.5. The van der Waals surface area contributed by atoms with Crippen LogP contribution in [0.15, 0.2) is 18.2 Å². The van der Waals surface area contributed by atoms with Gasteiger partial charge in [-0.3, -0.25) is 0 Å². The van der Waals surface area contributed by atoms with Gasteiger partial charge in [0.15, 0.2) is 0 Å². The Hall–Kier alpha value is -1.84. The Bertz CT molecular complexity index is 688. The molecule has 0 aromatic heterocycles. The molecule has 0 saturated carbocycles. The molecule has 0 aliphatic rings. The van der Waals surface area contributed by atoms with Gasteiger partial charge in [-0.15, -0.1) is 0 Å². The van der Waals surface area contributed by atoms with Gasteiger partial charge in [0, 0.05) is 0 Å². The zero-order valence-electron chi connectivity index (χ0n) is 19.2. The topological polar surface area (TPSA) is 52.6 Å². The summed E-state index contributed by atoms with van der Waals surface area (Å²) < 4.78 is 10.9. The van der Waals surface area contributed by atoms with Crippen molar-refractivity contribution in [3.63, 3.8) is 0 Å². The number of rotatable bonds is 7. The van der Waals surface area contributed by atoms with Crippen LogP contribution >= 0.6 is 0 Å². The van der Waals surface area contributed by atoms with Gasteiger partial charge in [0.2, 0.25) is 0 Å². The van der Waals surface area contributed by atoms with Crippen molar-refractivity contribution in [2.75, 3.05) is 13.2 Å². The van der Waals surface area contributed by atoms with Gasteiger partial charge in [-0.05, 0) is 40.4 Å². The van der Waals surface area contributed by atoms with Gasteiger partial charge in [0.05, 0.1) is 24.3 Å². The fourth-order valence-corrected chi connectivity index (χ4v) is 2.45. The van der Waals surface area contributed by atoms with Crippen LogP contribution in [-0.4, -0.2) is 25.2 Å². The Kier molecular flexibility index (Phi) is 7.87. The third-order valence-corrected chi connectivity index (χ3v) is 4.44. The van der Waals surface area contributed by atoms with Crippen LogP contribution in [-0.2, 0) is 15.9 Å². The second kappa shape index (κ2) is 9.11. The third-order valence-electron chi connectivity index (χ3n) is 4.44. The molecule has 0 amide bonds. The molecule has 1 aromatic carbocycles. The minimum absolute atomic E-state index is 0.112. The molecule has 0 atom stereocenters. The monoisotopic (exact) mass is 390 g/mol. The Morgan fingerprint density at radius 2 is 1.25 bits per heavy atom. The Morgan fingerprint density at radius 3 is 1.68 bits per heavy atom. The molecule has 0 spiro atoms. The van der Waals surface area contributed by atoms with Crippen molar-refractivity contribution < 1.29 is 19.1 Å². The van der Waals surface area contributed by atoms with Gasteiger partial charge < -0.3 is 9.47 Å². The second-order valence-corrected chi connectivity index (χ2v) is 10.8. The molecule has 4 heteroatoms. The van der Waals surface area contributed by atoms with Crippen LogP contribution in [0.4, 0.5) is 0 Å². The zero-order valence-corrected chi connectivity index (χ0v) is 19.2. The van der Waals surface area contributed by atoms with E-state index in [-0.39, 0.29) is 40.6 Å². The highest BCUT2D eigenvalue weighted by Gasteiger charge is 2.25. The van der Waals surface area contributed by atoms with Gasteiger partial charge in [-0.1, -0.05) is 74.8 Å². The number of hydrogen-bond donors (Lipinski definition) is 0. The lowest BCUT2D eigenvalue weighted by Gasteiger charge is -2.23. The van der Waals surface area contributed by atoms with Crippen molar-refractivity contribution in [1.82, 2.24) is 0 Å². The normalized spacial score (nSPS) is 12.6. The second-order valence-electron chi connectivity index (χ2n) is 10.8. The first-order chi connectivity index (χ1) is 12.6. The first-order valence-electron chi connectivity index (χ1n) is 10.1. The maximum Gasteiger partial charge on any atom is 0.339 e. The van der Waals surface area contributed by atoms with E-state index in [1.165, 1.54) is 0 Å². The van der Waals surface area contributed by atoms with E-state index in [2.05, 4.69) is 20.8 Å². The molecule has 0 heterocycles. The summed E-state index contributed by atoms with van der Waals surface area (Å²) >= 11 is 0. The predicted molar refractivity (Wildman–Crippen MR) is 114 cm³/mol. The lowest BCUT2D eigenvalue weighted by molar-refractivity contribution is 0.0322. The first-order valence-corrected chi connectivity index (χ1v) is 10.1. The van der Waals surface area contributed by atoms with E-state index in [4.69, 9.17) is 9.47 Å². The average Bonchev–Trinajstić information content (AvgIpc) is 2.56. The number of carbonyl (C=O) groups is 2. The van der Waals surface area contributed by atoms with Gasteiger partial charge in [-0.25, -0.2) is 9.59 Å². The van der Waals surface area contributed by atoms with Crippen LogP contribution in [0.5, 0.6) is 0 Å². The van der Waals surface area contributed by atoms with Crippen LogP contribution in [0, 0.1) is 16.2 Å². The fraction of sp³-hybridized carbons (Fsp3) is 0.667. The van der Waals surface area contributed by atoms with E-state index in [0.29, 0.717) is 0 Å². The highest BCUT2D eigenvalue weighted by Crippen LogP contribution is 2.27. The number of esters is 2. The first kappa shape index (κ1) is 24.2. The summed E-state index contributed by atoms with van der Waals surface area (Å²) in [6.45, 7) is 19.1. The van der Waals surface area contributed by atoms with E-state index in [0.717, 1.165) is 18.4 Å². The minimum atomic E-state index is -0.487. The van der Waals surface area contributed by atoms with E-state index in [9.17, 15) is 9.59 Å². The summed E-state index contributed by atoms with van der Waals surface area (Å²) in [5.74, 6) is -0.965. The number of ether oxygens (including phenoxy) is 2. The maximum atomic E-state index is 12.8.